The smallest absolute Gasteiger partial charge is 0.372 e. The normalized spacial score (nSPS) is 26.5. The van der Waals surface area contributed by atoms with Crippen molar-refractivity contribution in [2.75, 3.05) is 13.2 Å². The maximum Gasteiger partial charge on any atom is 0.372 e. The molecular weight excluding hydrogens is 253 g/mol. The van der Waals surface area contributed by atoms with Crippen molar-refractivity contribution >= 4 is 11.8 Å². The van der Waals surface area contributed by atoms with Crippen molar-refractivity contribution < 1.29 is 19.0 Å². The molecule has 1 aromatic carbocycles. The Morgan fingerprint density at radius 2 is 2.32 bits per heavy atom. The van der Waals surface area contributed by atoms with Gasteiger partial charge in [-0.05, 0) is 6.07 Å². The molecule has 2 aliphatic rings. The number of amidine groups is 1. The number of halogens is 1. The van der Waals surface area contributed by atoms with Crippen molar-refractivity contribution in [2.45, 2.75) is 12.3 Å². The maximum atomic E-state index is 13.8. The van der Waals surface area contributed by atoms with Crippen LogP contribution < -0.4 is 5.43 Å². The first-order chi connectivity index (χ1) is 9.16. The summed E-state index contributed by atoms with van der Waals surface area (Å²) in [6.07, 6.45) is -1.17. The van der Waals surface area contributed by atoms with Crippen molar-refractivity contribution in [2.24, 2.45) is 4.99 Å². The van der Waals surface area contributed by atoms with E-state index in [2.05, 4.69) is 10.4 Å². The van der Waals surface area contributed by atoms with Crippen LogP contribution in [0.5, 0.6) is 0 Å². The zero-order chi connectivity index (χ0) is 13.4. The number of morpholine rings is 1. The Labute approximate surface area is 108 Å². The van der Waals surface area contributed by atoms with E-state index in [4.69, 9.17) is 9.84 Å². The fourth-order valence-electron chi connectivity index (χ4n) is 2.28. The van der Waals surface area contributed by atoms with Crippen LogP contribution in [0.1, 0.15) is 11.7 Å². The minimum absolute atomic E-state index is 0.142. The van der Waals surface area contributed by atoms with Gasteiger partial charge in [-0.25, -0.2) is 14.2 Å². The molecule has 2 heterocycles. The molecular formula is C12H12FN3O3. The summed E-state index contributed by atoms with van der Waals surface area (Å²) in [5, 5.41) is 10.6. The molecule has 7 heteroatoms. The Bertz CT molecular complexity index is 549. The second-order valence-electron chi connectivity index (χ2n) is 4.31. The molecule has 0 radical (unpaired) electrons. The highest BCUT2D eigenvalue weighted by Gasteiger charge is 2.40. The number of carboxylic acid groups (broad SMARTS) is 1. The number of aliphatic imine (C=N–C) groups is 1. The van der Waals surface area contributed by atoms with Crippen molar-refractivity contribution in [3.05, 3.63) is 35.6 Å². The van der Waals surface area contributed by atoms with E-state index in [1.165, 1.54) is 6.07 Å². The Morgan fingerprint density at radius 3 is 3.05 bits per heavy atom. The Balaban J connectivity index is 1.94. The van der Waals surface area contributed by atoms with Gasteiger partial charge in [0, 0.05) is 12.1 Å². The van der Waals surface area contributed by atoms with Gasteiger partial charge in [0.05, 0.1) is 6.61 Å². The molecule has 2 unspecified atom stereocenters. The number of rotatable bonds is 2. The zero-order valence-corrected chi connectivity index (χ0v) is 9.91. The molecule has 0 amide bonds. The molecule has 2 aliphatic heterocycles. The lowest BCUT2D eigenvalue weighted by Crippen LogP contribution is -2.50. The summed E-state index contributed by atoms with van der Waals surface area (Å²) in [5.74, 6) is -1.66. The van der Waals surface area contributed by atoms with Gasteiger partial charge in [-0.1, -0.05) is 18.2 Å². The third kappa shape index (κ3) is 2.06. The number of benzene rings is 1. The quantitative estimate of drug-likeness (QED) is 0.815. The lowest BCUT2D eigenvalue weighted by atomic mass is 10.1. The van der Waals surface area contributed by atoms with Crippen molar-refractivity contribution in [1.29, 1.82) is 0 Å². The van der Waals surface area contributed by atoms with Gasteiger partial charge in [0.15, 0.2) is 6.17 Å². The van der Waals surface area contributed by atoms with Gasteiger partial charge in [0.1, 0.15) is 11.9 Å². The van der Waals surface area contributed by atoms with Crippen LogP contribution in [-0.4, -0.2) is 41.2 Å². The third-order valence-corrected chi connectivity index (χ3v) is 3.14. The molecule has 0 aromatic heterocycles. The molecule has 0 saturated carbocycles. The van der Waals surface area contributed by atoms with Crippen LogP contribution in [0.15, 0.2) is 29.3 Å². The first kappa shape index (κ1) is 12.1. The van der Waals surface area contributed by atoms with Crippen LogP contribution in [0.2, 0.25) is 0 Å². The minimum Gasteiger partial charge on any atom is -0.475 e. The van der Waals surface area contributed by atoms with Crippen molar-refractivity contribution in [3.63, 3.8) is 0 Å². The van der Waals surface area contributed by atoms with E-state index >= 15 is 0 Å². The number of carbonyl (C=O) groups is 1. The number of fused-ring (bicyclic) bond motifs is 1. The largest absolute Gasteiger partial charge is 0.475 e. The molecule has 6 nitrogen and oxygen atoms in total. The molecule has 0 aliphatic carbocycles. The van der Waals surface area contributed by atoms with E-state index in [-0.39, 0.29) is 11.7 Å². The second kappa shape index (κ2) is 4.60. The van der Waals surface area contributed by atoms with E-state index in [1.807, 2.05) is 0 Å². The highest BCUT2D eigenvalue weighted by Crippen LogP contribution is 2.31. The average molecular weight is 265 g/mol. The molecule has 3 rings (SSSR count). The lowest BCUT2D eigenvalue weighted by Gasteiger charge is -2.34. The summed E-state index contributed by atoms with van der Waals surface area (Å²) in [5.41, 5.74) is 3.08. The SMILES string of the molecule is O=C(O)C1=NC2C(c3ccccc3F)OCCN2N1. The molecule has 0 bridgehead atoms. The van der Waals surface area contributed by atoms with Gasteiger partial charge < -0.3 is 9.84 Å². The predicted molar refractivity (Wildman–Crippen MR) is 63.8 cm³/mol. The average Bonchev–Trinajstić information content (AvgIpc) is 2.83. The molecule has 1 aromatic rings. The number of carboxylic acids is 1. The van der Waals surface area contributed by atoms with Crippen LogP contribution in [-0.2, 0) is 9.53 Å². The topological polar surface area (TPSA) is 74.2 Å². The van der Waals surface area contributed by atoms with Crippen LogP contribution in [0.3, 0.4) is 0 Å². The van der Waals surface area contributed by atoms with Crippen molar-refractivity contribution in [3.8, 4) is 0 Å². The summed E-state index contributed by atoms with van der Waals surface area (Å²) in [4.78, 5) is 15.0. The van der Waals surface area contributed by atoms with Crippen LogP contribution in [0.25, 0.3) is 0 Å². The minimum atomic E-state index is -1.14. The van der Waals surface area contributed by atoms with Gasteiger partial charge >= 0.3 is 5.97 Å². The summed E-state index contributed by atoms with van der Waals surface area (Å²) >= 11 is 0. The van der Waals surface area contributed by atoms with Gasteiger partial charge in [-0.3, -0.25) is 5.43 Å². The summed E-state index contributed by atoms with van der Waals surface area (Å²) in [6, 6.07) is 6.28. The number of nitrogens with one attached hydrogen (secondary N) is 1. The number of hydrogen-bond donors (Lipinski definition) is 2. The number of aliphatic carboxylic acids is 1. The molecule has 2 atom stereocenters. The van der Waals surface area contributed by atoms with E-state index in [0.717, 1.165) is 0 Å². The first-order valence-corrected chi connectivity index (χ1v) is 5.87. The third-order valence-electron chi connectivity index (χ3n) is 3.14. The Hall–Kier alpha value is -1.99. The Morgan fingerprint density at radius 1 is 1.53 bits per heavy atom. The number of ether oxygens (including phenoxy) is 1. The molecule has 19 heavy (non-hydrogen) atoms. The fraction of sp³-hybridized carbons (Fsp3) is 0.333. The van der Waals surface area contributed by atoms with Gasteiger partial charge in [-0.15, -0.1) is 0 Å². The monoisotopic (exact) mass is 265 g/mol. The fourth-order valence-corrected chi connectivity index (χ4v) is 2.28. The molecule has 1 saturated heterocycles. The van der Waals surface area contributed by atoms with Gasteiger partial charge in [0.2, 0.25) is 5.84 Å². The predicted octanol–water partition coefficient (Wildman–Crippen LogP) is 0.526. The summed E-state index contributed by atoms with van der Waals surface area (Å²) in [7, 11) is 0. The molecule has 2 N–H and O–H groups in total. The molecule has 1 fully saturated rings. The summed E-state index contributed by atoms with van der Waals surface area (Å²) in [6.45, 7) is 0.876. The standard InChI is InChI=1S/C12H12FN3O3/c13-8-4-2-1-3-7(8)9-11-14-10(12(17)18)15-16(11)5-6-19-9/h1-4,9,11H,5-6H2,(H,14,15)(H,17,18). The summed E-state index contributed by atoms with van der Waals surface area (Å²) < 4.78 is 19.4. The van der Waals surface area contributed by atoms with E-state index in [9.17, 15) is 9.18 Å². The van der Waals surface area contributed by atoms with Crippen LogP contribution in [0, 0.1) is 5.82 Å². The molecule has 100 valence electrons. The van der Waals surface area contributed by atoms with Gasteiger partial charge in [-0.2, -0.15) is 5.01 Å². The van der Waals surface area contributed by atoms with Gasteiger partial charge in [0.25, 0.3) is 0 Å². The van der Waals surface area contributed by atoms with E-state index < -0.39 is 18.2 Å². The highest BCUT2D eigenvalue weighted by atomic mass is 19.1. The number of hydrogen-bond acceptors (Lipinski definition) is 5. The van der Waals surface area contributed by atoms with E-state index in [1.54, 1.807) is 23.2 Å². The first-order valence-electron chi connectivity index (χ1n) is 5.87. The van der Waals surface area contributed by atoms with E-state index in [0.29, 0.717) is 18.7 Å². The van der Waals surface area contributed by atoms with Crippen molar-refractivity contribution in [1.82, 2.24) is 10.4 Å². The lowest BCUT2D eigenvalue weighted by molar-refractivity contribution is -0.129. The number of hydrazine groups is 1. The highest BCUT2D eigenvalue weighted by molar-refractivity contribution is 6.34. The second-order valence-corrected chi connectivity index (χ2v) is 4.31. The Kier molecular flexibility index (Phi) is 2.92. The van der Waals surface area contributed by atoms with Crippen LogP contribution >= 0.6 is 0 Å². The molecule has 0 spiro atoms. The van der Waals surface area contributed by atoms with Crippen LogP contribution in [0.4, 0.5) is 4.39 Å². The zero-order valence-electron chi connectivity index (χ0n) is 9.91. The maximum absolute atomic E-state index is 13.8. The number of nitrogens with zero attached hydrogens (tertiary/aromatic N) is 2.